The largest absolute Gasteiger partial charge is 0.493 e. The van der Waals surface area contributed by atoms with E-state index in [1.807, 2.05) is 43.3 Å². The molecule has 0 radical (unpaired) electrons. The molecule has 0 saturated heterocycles. The molecule has 3 rings (SSSR count). The van der Waals surface area contributed by atoms with Crippen molar-refractivity contribution in [3.05, 3.63) is 47.8 Å². The van der Waals surface area contributed by atoms with E-state index in [0.717, 1.165) is 11.1 Å². The first-order valence-electron chi connectivity index (χ1n) is 8.82. The Morgan fingerprint density at radius 1 is 0.929 bits per heavy atom. The predicted molar refractivity (Wildman–Crippen MR) is 105 cm³/mol. The van der Waals surface area contributed by atoms with Crippen LogP contribution in [0.15, 0.2) is 36.4 Å². The van der Waals surface area contributed by atoms with Crippen LogP contribution in [0.3, 0.4) is 0 Å². The lowest BCUT2D eigenvalue weighted by Gasteiger charge is -2.13. The van der Waals surface area contributed by atoms with Gasteiger partial charge in [-0.05, 0) is 42.8 Å². The van der Waals surface area contributed by atoms with Crippen molar-refractivity contribution in [2.75, 3.05) is 27.9 Å². The van der Waals surface area contributed by atoms with Crippen molar-refractivity contribution >= 4 is 0 Å². The number of methoxy groups -OCH3 is 3. The van der Waals surface area contributed by atoms with Gasteiger partial charge in [-0.15, -0.1) is 0 Å². The summed E-state index contributed by atoms with van der Waals surface area (Å²) < 4.78 is 21.5. The standard InChI is InChI=1S/C20H24N4O4/c1-5-28-15-9-7-13(11-17(15)27-4)19-22-20(24-23-19)18(21)12-6-8-14(25-2)16(10-12)26-3/h6-11,18H,5,21H2,1-4H3,(H,22,23,24). The molecule has 0 spiro atoms. The Balaban J connectivity index is 1.87. The van der Waals surface area contributed by atoms with Crippen molar-refractivity contribution in [1.82, 2.24) is 15.2 Å². The zero-order valence-corrected chi connectivity index (χ0v) is 16.4. The minimum Gasteiger partial charge on any atom is -0.493 e. The Kier molecular flexibility index (Phi) is 6.00. The molecule has 0 fully saturated rings. The summed E-state index contributed by atoms with van der Waals surface area (Å²) in [6, 6.07) is 10.6. The molecule has 1 atom stereocenters. The Morgan fingerprint density at radius 2 is 1.61 bits per heavy atom. The molecule has 1 heterocycles. The summed E-state index contributed by atoms with van der Waals surface area (Å²) >= 11 is 0. The van der Waals surface area contributed by atoms with Gasteiger partial charge in [0.15, 0.2) is 28.8 Å². The maximum absolute atomic E-state index is 6.37. The highest BCUT2D eigenvalue weighted by Crippen LogP contribution is 2.33. The van der Waals surface area contributed by atoms with Gasteiger partial charge in [-0.1, -0.05) is 6.07 Å². The SMILES string of the molecule is CCOc1ccc(-c2n[nH]c(C(N)c3ccc(OC)c(OC)c3)n2)cc1OC. The van der Waals surface area contributed by atoms with E-state index in [-0.39, 0.29) is 0 Å². The van der Waals surface area contributed by atoms with Crippen LogP contribution in [0.25, 0.3) is 11.4 Å². The van der Waals surface area contributed by atoms with E-state index in [1.165, 1.54) is 0 Å². The third-order valence-electron chi connectivity index (χ3n) is 4.29. The fourth-order valence-electron chi connectivity index (χ4n) is 2.83. The van der Waals surface area contributed by atoms with Crippen LogP contribution in [-0.4, -0.2) is 43.1 Å². The summed E-state index contributed by atoms with van der Waals surface area (Å²) in [5, 5.41) is 7.21. The van der Waals surface area contributed by atoms with Crippen LogP contribution in [0.4, 0.5) is 0 Å². The molecule has 0 amide bonds. The maximum Gasteiger partial charge on any atom is 0.181 e. The first-order valence-corrected chi connectivity index (χ1v) is 8.82. The van der Waals surface area contributed by atoms with Gasteiger partial charge in [-0.2, -0.15) is 5.10 Å². The molecule has 0 bridgehead atoms. The molecule has 1 aromatic heterocycles. The molecule has 8 nitrogen and oxygen atoms in total. The summed E-state index contributed by atoms with van der Waals surface area (Å²) in [6.45, 7) is 2.48. The molecule has 3 aromatic rings. The minimum atomic E-state index is -0.495. The van der Waals surface area contributed by atoms with Crippen molar-refractivity contribution in [1.29, 1.82) is 0 Å². The number of hydrogen-bond acceptors (Lipinski definition) is 7. The molecule has 8 heteroatoms. The third-order valence-corrected chi connectivity index (χ3v) is 4.29. The Labute approximate surface area is 163 Å². The fourth-order valence-corrected chi connectivity index (χ4v) is 2.83. The van der Waals surface area contributed by atoms with E-state index >= 15 is 0 Å². The van der Waals surface area contributed by atoms with Crippen molar-refractivity contribution < 1.29 is 18.9 Å². The Morgan fingerprint density at radius 3 is 2.29 bits per heavy atom. The van der Waals surface area contributed by atoms with Gasteiger partial charge in [0.1, 0.15) is 5.82 Å². The van der Waals surface area contributed by atoms with Gasteiger partial charge in [0.05, 0.1) is 34.0 Å². The molecule has 2 aromatic carbocycles. The summed E-state index contributed by atoms with van der Waals surface area (Å²) in [5.74, 6) is 3.59. The van der Waals surface area contributed by atoms with Gasteiger partial charge in [0.25, 0.3) is 0 Å². The van der Waals surface area contributed by atoms with Crippen LogP contribution >= 0.6 is 0 Å². The highest BCUT2D eigenvalue weighted by atomic mass is 16.5. The van der Waals surface area contributed by atoms with Gasteiger partial charge in [0.2, 0.25) is 0 Å². The maximum atomic E-state index is 6.37. The molecule has 28 heavy (non-hydrogen) atoms. The molecule has 0 aliphatic carbocycles. The summed E-state index contributed by atoms with van der Waals surface area (Å²) in [7, 11) is 4.77. The van der Waals surface area contributed by atoms with Gasteiger partial charge >= 0.3 is 0 Å². The van der Waals surface area contributed by atoms with E-state index in [9.17, 15) is 0 Å². The summed E-state index contributed by atoms with van der Waals surface area (Å²) in [5.41, 5.74) is 7.99. The Hall–Kier alpha value is -3.26. The van der Waals surface area contributed by atoms with Crippen LogP contribution in [0.1, 0.15) is 24.4 Å². The fraction of sp³-hybridized carbons (Fsp3) is 0.300. The van der Waals surface area contributed by atoms with E-state index in [4.69, 9.17) is 24.7 Å². The van der Waals surface area contributed by atoms with Crippen LogP contribution in [0.5, 0.6) is 23.0 Å². The van der Waals surface area contributed by atoms with Crippen molar-refractivity contribution in [3.8, 4) is 34.4 Å². The summed E-state index contributed by atoms with van der Waals surface area (Å²) in [6.07, 6.45) is 0. The first-order chi connectivity index (χ1) is 13.6. The average Bonchev–Trinajstić information content (AvgIpc) is 3.23. The number of ether oxygens (including phenoxy) is 4. The van der Waals surface area contributed by atoms with Gasteiger partial charge in [0, 0.05) is 5.56 Å². The van der Waals surface area contributed by atoms with Crippen molar-refractivity contribution in [2.45, 2.75) is 13.0 Å². The zero-order chi connectivity index (χ0) is 20.1. The number of nitrogens with two attached hydrogens (primary N) is 1. The first kappa shape index (κ1) is 19.5. The smallest absolute Gasteiger partial charge is 0.181 e. The van der Waals surface area contributed by atoms with E-state index in [0.29, 0.717) is 41.3 Å². The van der Waals surface area contributed by atoms with Crippen LogP contribution in [0.2, 0.25) is 0 Å². The van der Waals surface area contributed by atoms with Gasteiger partial charge < -0.3 is 24.7 Å². The normalized spacial score (nSPS) is 11.8. The number of nitrogens with one attached hydrogen (secondary N) is 1. The highest BCUT2D eigenvalue weighted by molar-refractivity contribution is 5.61. The van der Waals surface area contributed by atoms with Crippen LogP contribution < -0.4 is 24.7 Å². The average molecular weight is 384 g/mol. The minimum absolute atomic E-state index is 0.495. The van der Waals surface area contributed by atoms with Gasteiger partial charge in [-0.25, -0.2) is 4.98 Å². The summed E-state index contributed by atoms with van der Waals surface area (Å²) in [4.78, 5) is 4.55. The van der Waals surface area contributed by atoms with E-state index in [2.05, 4.69) is 15.2 Å². The van der Waals surface area contributed by atoms with Crippen molar-refractivity contribution in [2.24, 2.45) is 5.73 Å². The number of rotatable bonds is 8. The van der Waals surface area contributed by atoms with Gasteiger partial charge in [-0.3, -0.25) is 5.10 Å². The molecule has 0 aliphatic rings. The molecule has 0 aliphatic heterocycles. The topological polar surface area (TPSA) is 105 Å². The molecular weight excluding hydrogens is 360 g/mol. The Bertz CT molecular complexity index is 942. The number of aromatic amines is 1. The van der Waals surface area contributed by atoms with Crippen LogP contribution in [0, 0.1) is 0 Å². The molecule has 148 valence electrons. The quantitative estimate of drug-likeness (QED) is 0.615. The lowest BCUT2D eigenvalue weighted by atomic mass is 10.1. The van der Waals surface area contributed by atoms with E-state index < -0.39 is 6.04 Å². The number of nitrogens with zero attached hydrogens (tertiary/aromatic N) is 2. The lowest BCUT2D eigenvalue weighted by molar-refractivity contribution is 0.311. The second-order valence-corrected chi connectivity index (χ2v) is 5.94. The number of aromatic nitrogens is 3. The molecular formula is C20H24N4O4. The number of H-pyrrole nitrogens is 1. The van der Waals surface area contributed by atoms with Crippen molar-refractivity contribution in [3.63, 3.8) is 0 Å². The molecule has 0 saturated carbocycles. The lowest BCUT2D eigenvalue weighted by Crippen LogP contribution is -2.14. The van der Waals surface area contributed by atoms with Crippen LogP contribution in [-0.2, 0) is 0 Å². The number of benzene rings is 2. The predicted octanol–water partition coefficient (Wildman–Crippen LogP) is 2.94. The third kappa shape index (κ3) is 3.86. The monoisotopic (exact) mass is 384 g/mol. The van der Waals surface area contributed by atoms with E-state index in [1.54, 1.807) is 21.3 Å². The second kappa shape index (κ2) is 8.62. The number of hydrogen-bond donors (Lipinski definition) is 2. The zero-order valence-electron chi connectivity index (χ0n) is 16.4. The molecule has 3 N–H and O–H groups in total. The second-order valence-electron chi connectivity index (χ2n) is 5.94. The highest BCUT2D eigenvalue weighted by Gasteiger charge is 2.18. The molecule has 1 unspecified atom stereocenters.